The smallest absolute Gasteiger partial charge is 0.166 e. The van der Waals surface area contributed by atoms with Crippen LogP contribution in [0, 0.1) is 0 Å². The Balaban J connectivity index is 2.66. The SMILES string of the molecule is COc1cccc(OC)c1-c1snnc1N. The number of methoxy groups -OCH3 is 2. The molecule has 0 aliphatic carbocycles. The van der Waals surface area contributed by atoms with Gasteiger partial charge < -0.3 is 15.2 Å². The van der Waals surface area contributed by atoms with Crippen molar-refractivity contribution in [3.8, 4) is 21.9 Å². The summed E-state index contributed by atoms with van der Waals surface area (Å²) in [6.45, 7) is 0. The molecule has 6 heteroatoms. The van der Waals surface area contributed by atoms with Crippen molar-refractivity contribution >= 4 is 17.4 Å². The summed E-state index contributed by atoms with van der Waals surface area (Å²) in [6.07, 6.45) is 0. The van der Waals surface area contributed by atoms with E-state index in [1.54, 1.807) is 14.2 Å². The first-order valence-corrected chi connectivity index (χ1v) is 5.34. The van der Waals surface area contributed by atoms with Crippen LogP contribution in [0.15, 0.2) is 18.2 Å². The molecule has 0 aliphatic rings. The molecule has 0 fully saturated rings. The molecule has 1 aromatic heterocycles. The Bertz CT molecular complexity index is 476. The van der Waals surface area contributed by atoms with Gasteiger partial charge in [-0.15, -0.1) is 5.10 Å². The molecular formula is C10H11N3O2S. The average molecular weight is 237 g/mol. The first-order chi connectivity index (χ1) is 7.77. The van der Waals surface area contributed by atoms with Crippen molar-refractivity contribution in [2.24, 2.45) is 0 Å². The number of aromatic nitrogens is 2. The van der Waals surface area contributed by atoms with Crippen LogP contribution in [0.4, 0.5) is 5.82 Å². The topological polar surface area (TPSA) is 70.3 Å². The number of nitrogens with two attached hydrogens (primary N) is 1. The maximum atomic E-state index is 5.75. The molecule has 2 rings (SSSR count). The lowest BCUT2D eigenvalue weighted by atomic mass is 10.1. The molecule has 1 aromatic carbocycles. The minimum Gasteiger partial charge on any atom is -0.496 e. The molecular weight excluding hydrogens is 226 g/mol. The number of hydrogen-bond acceptors (Lipinski definition) is 6. The van der Waals surface area contributed by atoms with Crippen molar-refractivity contribution in [3.05, 3.63) is 18.2 Å². The van der Waals surface area contributed by atoms with Gasteiger partial charge in [0.15, 0.2) is 5.82 Å². The second-order valence-electron chi connectivity index (χ2n) is 3.02. The third-order valence-electron chi connectivity index (χ3n) is 2.17. The largest absolute Gasteiger partial charge is 0.496 e. The first-order valence-electron chi connectivity index (χ1n) is 4.57. The van der Waals surface area contributed by atoms with Gasteiger partial charge in [0.25, 0.3) is 0 Å². The molecule has 0 aliphatic heterocycles. The van der Waals surface area contributed by atoms with Gasteiger partial charge in [-0.1, -0.05) is 10.6 Å². The van der Waals surface area contributed by atoms with Crippen LogP contribution < -0.4 is 15.2 Å². The zero-order valence-corrected chi connectivity index (χ0v) is 9.75. The molecule has 16 heavy (non-hydrogen) atoms. The third-order valence-corrected chi connectivity index (χ3v) is 2.93. The van der Waals surface area contributed by atoms with Gasteiger partial charge in [0.2, 0.25) is 0 Å². The van der Waals surface area contributed by atoms with Crippen LogP contribution >= 0.6 is 11.5 Å². The van der Waals surface area contributed by atoms with Crippen molar-refractivity contribution in [2.45, 2.75) is 0 Å². The summed E-state index contributed by atoms with van der Waals surface area (Å²) in [5.41, 5.74) is 6.54. The van der Waals surface area contributed by atoms with E-state index in [0.717, 1.165) is 10.4 Å². The Kier molecular flexibility index (Phi) is 2.91. The molecule has 5 nitrogen and oxygen atoms in total. The van der Waals surface area contributed by atoms with Crippen molar-refractivity contribution in [1.82, 2.24) is 9.59 Å². The van der Waals surface area contributed by atoms with Crippen molar-refractivity contribution in [3.63, 3.8) is 0 Å². The molecule has 0 unspecified atom stereocenters. The molecule has 0 radical (unpaired) electrons. The van der Waals surface area contributed by atoms with Crippen LogP contribution in [0.2, 0.25) is 0 Å². The summed E-state index contributed by atoms with van der Waals surface area (Å²) in [5, 5.41) is 3.78. The van der Waals surface area contributed by atoms with Gasteiger partial charge in [-0.05, 0) is 23.7 Å². The highest BCUT2D eigenvalue weighted by atomic mass is 32.1. The molecule has 0 saturated heterocycles. The first kappa shape index (κ1) is 10.7. The number of hydrogen-bond donors (Lipinski definition) is 1. The van der Waals surface area contributed by atoms with Crippen LogP contribution in [0.3, 0.4) is 0 Å². The highest BCUT2D eigenvalue weighted by Crippen LogP contribution is 2.41. The van der Waals surface area contributed by atoms with E-state index in [2.05, 4.69) is 9.59 Å². The number of nitrogen functional groups attached to an aromatic ring is 1. The number of nitrogens with zero attached hydrogens (tertiary/aromatic N) is 2. The summed E-state index contributed by atoms with van der Waals surface area (Å²) >= 11 is 1.22. The van der Waals surface area contributed by atoms with E-state index in [-0.39, 0.29) is 0 Å². The predicted molar refractivity (Wildman–Crippen MR) is 62.9 cm³/mol. The van der Waals surface area contributed by atoms with E-state index < -0.39 is 0 Å². The predicted octanol–water partition coefficient (Wildman–Crippen LogP) is 1.80. The molecule has 0 amide bonds. The second kappa shape index (κ2) is 4.36. The van der Waals surface area contributed by atoms with E-state index in [9.17, 15) is 0 Å². The highest BCUT2D eigenvalue weighted by Gasteiger charge is 2.17. The maximum absolute atomic E-state index is 5.75. The summed E-state index contributed by atoms with van der Waals surface area (Å²) in [5.74, 6) is 1.77. The summed E-state index contributed by atoms with van der Waals surface area (Å²) < 4.78 is 14.4. The fraction of sp³-hybridized carbons (Fsp3) is 0.200. The van der Waals surface area contributed by atoms with E-state index in [0.29, 0.717) is 17.3 Å². The lowest BCUT2D eigenvalue weighted by Gasteiger charge is -2.11. The number of benzene rings is 1. The summed E-state index contributed by atoms with van der Waals surface area (Å²) in [7, 11) is 3.20. The van der Waals surface area contributed by atoms with Crippen LogP contribution in [0.25, 0.3) is 10.4 Å². The van der Waals surface area contributed by atoms with Gasteiger partial charge in [-0.25, -0.2) is 0 Å². The van der Waals surface area contributed by atoms with Crippen molar-refractivity contribution in [1.29, 1.82) is 0 Å². The van der Waals surface area contributed by atoms with Gasteiger partial charge in [-0.2, -0.15) is 0 Å². The fourth-order valence-corrected chi connectivity index (χ4v) is 2.08. The minimum absolute atomic E-state index is 0.382. The zero-order valence-electron chi connectivity index (χ0n) is 8.93. The fourth-order valence-electron chi connectivity index (χ4n) is 1.45. The molecule has 0 bridgehead atoms. The van der Waals surface area contributed by atoms with Gasteiger partial charge in [0, 0.05) is 0 Å². The quantitative estimate of drug-likeness (QED) is 0.881. The van der Waals surface area contributed by atoms with E-state index in [4.69, 9.17) is 15.2 Å². The van der Waals surface area contributed by atoms with E-state index >= 15 is 0 Å². The molecule has 2 N–H and O–H groups in total. The van der Waals surface area contributed by atoms with E-state index in [1.807, 2.05) is 18.2 Å². The maximum Gasteiger partial charge on any atom is 0.166 e. The highest BCUT2D eigenvalue weighted by molar-refractivity contribution is 7.10. The van der Waals surface area contributed by atoms with Gasteiger partial charge in [0.1, 0.15) is 16.4 Å². The summed E-state index contributed by atoms with van der Waals surface area (Å²) in [4.78, 5) is 0.759. The molecule has 0 atom stereocenters. The zero-order chi connectivity index (χ0) is 11.5. The second-order valence-corrected chi connectivity index (χ2v) is 3.78. The lowest BCUT2D eigenvalue weighted by molar-refractivity contribution is 0.397. The average Bonchev–Trinajstić information content (AvgIpc) is 2.74. The van der Waals surface area contributed by atoms with Crippen LogP contribution in [-0.2, 0) is 0 Å². The molecule has 2 aromatic rings. The van der Waals surface area contributed by atoms with Gasteiger partial charge >= 0.3 is 0 Å². The number of ether oxygens (including phenoxy) is 2. The van der Waals surface area contributed by atoms with Crippen LogP contribution in [0.1, 0.15) is 0 Å². The Labute approximate surface area is 97.0 Å². The third kappa shape index (κ3) is 1.67. The molecule has 0 saturated carbocycles. The molecule has 0 spiro atoms. The van der Waals surface area contributed by atoms with Crippen LogP contribution in [0.5, 0.6) is 11.5 Å². The van der Waals surface area contributed by atoms with Crippen LogP contribution in [-0.4, -0.2) is 23.8 Å². The Morgan fingerprint density at radius 2 is 1.81 bits per heavy atom. The van der Waals surface area contributed by atoms with Crippen molar-refractivity contribution in [2.75, 3.05) is 20.0 Å². The summed E-state index contributed by atoms with van der Waals surface area (Å²) in [6, 6.07) is 5.54. The normalized spacial score (nSPS) is 10.1. The monoisotopic (exact) mass is 237 g/mol. The van der Waals surface area contributed by atoms with Gasteiger partial charge in [-0.3, -0.25) is 0 Å². The lowest BCUT2D eigenvalue weighted by Crippen LogP contribution is -1.94. The standard InChI is InChI=1S/C10H11N3O2S/c1-14-6-4-3-5-7(15-2)8(6)9-10(11)12-13-16-9/h3-5H,11H2,1-2H3. The van der Waals surface area contributed by atoms with Gasteiger partial charge in [0.05, 0.1) is 19.8 Å². The molecule has 84 valence electrons. The Morgan fingerprint density at radius 1 is 1.19 bits per heavy atom. The number of anilines is 1. The van der Waals surface area contributed by atoms with Crippen molar-refractivity contribution < 1.29 is 9.47 Å². The Hall–Kier alpha value is -1.82. The van der Waals surface area contributed by atoms with E-state index in [1.165, 1.54) is 11.5 Å². The molecule has 1 heterocycles. The number of rotatable bonds is 3. The Morgan fingerprint density at radius 3 is 2.25 bits per heavy atom. The minimum atomic E-state index is 0.382.